The third-order valence-electron chi connectivity index (χ3n) is 7.37. The predicted octanol–water partition coefficient (Wildman–Crippen LogP) is 4.16. The molecular formula is C32H24O12. The van der Waals surface area contributed by atoms with E-state index in [1.807, 2.05) is 0 Å². The van der Waals surface area contributed by atoms with Crippen LogP contribution in [-0.2, 0) is 17.6 Å². The fourth-order valence-corrected chi connectivity index (χ4v) is 5.69. The van der Waals surface area contributed by atoms with Gasteiger partial charge >= 0.3 is 0 Å². The van der Waals surface area contributed by atoms with Crippen molar-refractivity contribution in [2.75, 3.05) is 0 Å². The molecule has 0 bridgehead atoms. The van der Waals surface area contributed by atoms with Gasteiger partial charge in [-0.25, -0.2) is 0 Å². The number of Topliss-reactive ketones (excluding diaryl/α,β-unsaturated/α-hetero) is 1. The lowest BCUT2D eigenvalue weighted by Gasteiger charge is -2.18. The zero-order valence-corrected chi connectivity index (χ0v) is 23.1. The molecule has 0 spiro atoms. The number of carbonyl (C=O) groups excluding carboxylic acids is 1. The summed E-state index contributed by atoms with van der Waals surface area (Å²) in [4.78, 5) is 37.6. The molecule has 0 aliphatic rings. The molecule has 0 aliphatic heterocycles. The van der Waals surface area contributed by atoms with E-state index < -0.39 is 51.5 Å². The minimum atomic E-state index is -0.868. The second-order valence-electron chi connectivity index (χ2n) is 10.7. The van der Waals surface area contributed by atoms with Crippen molar-refractivity contribution in [1.29, 1.82) is 0 Å². The van der Waals surface area contributed by atoms with Gasteiger partial charge in [0.1, 0.15) is 73.7 Å². The summed E-state index contributed by atoms with van der Waals surface area (Å²) in [5.41, 5.74) is -2.18. The highest BCUT2D eigenvalue weighted by molar-refractivity contribution is 6.19. The summed E-state index contributed by atoms with van der Waals surface area (Å²) < 4.78 is 11.5. The van der Waals surface area contributed by atoms with E-state index in [0.29, 0.717) is 0 Å². The summed E-state index contributed by atoms with van der Waals surface area (Å²) in [5.74, 6) is -4.10. The van der Waals surface area contributed by atoms with Crippen molar-refractivity contribution in [3.8, 4) is 45.6 Å². The molecule has 224 valence electrons. The minimum absolute atomic E-state index is 0.00275. The van der Waals surface area contributed by atoms with Crippen LogP contribution in [0.5, 0.6) is 34.5 Å². The number of aliphatic hydroxyl groups is 1. The van der Waals surface area contributed by atoms with Crippen LogP contribution in [0.25, 0.3) is 54.6 Å². The molecule has 0 saturated carbocycles. The van der Waals surface area contributed by atoms with Gasteiger partial charge in [0.05, 0.1) is 23.3 Å². The molecule has 0 saturated heterocycles. The van der Waals surface area contributed by atoms with Crippen LogP contribution in [0.15, 0.2) is 54.8 Å². The summed E-state index contributed by atoms with van der Waals surface area (Å²) >= 11 is 0. The highest BCUT2D eigenvalue weighted by Gasteiger charge is 2.27. The number of fused-ring (bicyclic) bond motifs is 4. The fraction of sp³-hybridized carbons (Fsp3) is 0.156. The Morgan fingerprint density at radius 1 is 0.659 bits per heavy atom. The Labute approximate surface area is 245 Å². The van der Waals surface area contributed by atoms with Crippen molar-refractivity contribution in [3.05, 3.63) is 68.4 Å². The zero-order chi connectivity index (χ0) is 31.8. The Hall–Kier alpha value is -5.75. The molecule has 0 amide bonds. The molecule has 0 fully saturated rings. The van der Waals surface area contributed by atoms with Crippen LogP contribution >= 0.6 is 0 Å². The lowest BCUT2D eigenvalue weighted by molar-refractivity contribution is -0.116. The Bertz CT molecular complexity index is 2340. The van der Waals surface area contributed by atoms with Crippen LogP contribution in [-0.4, -0.2) is 47.6 Å². The number of phenols is 6. The highest BCUT2D eigenvalue weighted by atomic mass is 16.3. The van der Waals surface area contributed by atoms with Gasteiger partial charge in [-0.3, -0.25) is 14.4 Å². The summed E-state index contributed by atoms with van der Waals surface area (Å²) in [6.07, 6.45) is -1.12. The lowest BCUT2D eigenvalue weighted by atomic mass is 9.89. The van der Waals surface area contributed by atoms with Crippen LogP contribution in [0, 0.1) is 0 Å². The van der Waals surface area contributed by atoms with Gasteiger partial charge in [-0.1, -0.05) is 0 Å². The van der Waals surface area contributed by atoms with Crippen molar-refractivity contribution in [1.82, 2.24) is 0 Å². The zero-order valence-electron chi connectivity index (χ0n) is 23.1. The second-order valence-corrected chi connectivity index (χ2v) is 10.7. The molecule has 2 aromatic heterocycles. The number of carbonyl (C=O) groups is 1. The molecule has 2 heterocycles. The van der Waals surface area contributed by atoms with Gasteiger partial charge in [0, 0.05) is 52.6 Å². The number of phenolic OH excluding ortho intramolecular Hbond substituents is 6. The van der Waals surface area contributed by atoms with Gasteiger partial charge < -0.3 is 44.6 Å². The molecule has 4 aromatic carbocycles. The lowest BCUT2D eigenvalue weighted by Crippen LogP contribution is -2.09. The molecule has 1 atom stereocenters. The number of ketones is 1. The van der Waals surface area contributed by atoms with Gasteiger partial charge in [0.15, 0.2) is 10.9 Å². The smallest absolute Gasteiger partial charge is 0.196 e. The van der Waals surface area contributed by atoms with Gasteiger partial charge in [-0.15, -0.1) is 0 Å². The fourth-order valence-electron chi connectivity index (χ4n) is 5.69. The van der Waals surface area contributed by atoms with Crippen molar-refractivity contribution in [2.45, 2.75) is 32.8 Å². The normalized spacial score (nSPS) is 12.4. The molecular weight excluding hydrogens is 576 g/mol. The van der Waals surface area contributed by atoms with E-state index in [1.54, 1.807) is 0 Å². The Morgan fingerprint density at radius 2 is 1.09 bits per heavy atom. The molecule has 6 aromatic rings. The molecule has 6 rings (SSSR count). The SMILES string of the molecule is CC(=O)Cc1cc(=O)c2c(O)c3c(O)cc(O)c(-c4c(O)cc(O)c5c(O)c6c(=O)cc(CC(C)O)oc6cc45)c3cc2o1. The predicted molar refractivity (Wildman–Crippen MR) is 159 cm³/mol. The van der Waals surface area contributed by atoms with Crippen molar-refractivity contribution in [3.63, 3.8) is 0 Å². The molecule has 12 nitrogen and oxygen atoms in total. The van der Waals surface area contributed by atoms with Crippen LogP contribution in [0.1, 0.15) is 25.4 Å². The number of rotatable bonds is 5. The maximum absolute atomic E-state index is 12.9. The summed E-state index contributed by atoms with van der Waals surface area (Å²) in [5, 5.41) is 74.5. The van der Waals surface area contributed by atoms with Gasteiger partial charge in [0.2, 0.25) is 0 Å². The monoisotopic (exact) mass is 600 g/mol. The number of aromatic hydroxyl groups is 6. The summed E-state index contributed by atoms with van der Waals surface area (Å²) in [6, 6.07) is 6.35. The highest BCUT2D eigenvalue weighted by Crippen LogP contribution is 2.53. The molecule has 7 N–H and O–H groups in total. The van der Waals surface area contributed by atoms with Crippen LogP contribution in [0.2, 0.25) is 0 Å². The van der Waals surface area contributed by atoms with Crippen molar-refractivity contribution < 1.29 is 49.4 Å². The largest absolute Gasteiger partial charge is 0.507 e. The quantitative estimate of drug-likeness (QED) is 0.139. The van der Waals surface area contributed by atoms with Gasteiger partial charge in [-0.05, 0) is 26.0 Å². The van der Waals surface area contributed by atoms with Crippen LogP contribution in [0.4, 0.5) is 0 Å². The maximum atomic E-state index is 12.9. The summed E-state index contributed by atoms with van der Waals surface area (Å²) in [6.45, 7) is 2.78. The van der Waals surface area contributed by atoms with Crippen LogP contribution < -0.4 is 10.9 Å². The van der Waals surface area contributed by atoms with E-state index in [4.69, 9.17) is 8.83 Å². The third-order valence-corrected chi connectivity index (χ3v) is 7.37. The maximum Gasteiger partial charge on any atom is 0.196 e. The molecule has 12 heteroatoms. The Kier molecular flexibility index (Phi) is 6.40. The van der Waals surface area contributed by atoms with Gasteiger partial charge in [0.25, 0.3) is 0 Å². The van der Waals surface area contributed by atoms with E-state index in [-0.39, 0.29) is 84.8 Å². The average molecular weight is 601 g/mol. The number of benzene rings is 4. The number of hydrogen-bond acceptors (Lipinski definition) is 12. The average Bonchev–Trinajstić information content (AvgIpc) is 2.88. The van der Waals surface area contributed by atoms with E-state index in [2.05, 4.69) is 0 Å². The first kappa shape index (κ1) is 28.4. The van der Waals surface area contributed by atoms with E-state index in [9.17, 15) is 50.1 Å². The third kappa shape index (κ3) is 4.31. The van der Waals surface area contributed by atoms with Crippen LogP contribution in [0.3, 0.4) is 0 Å². The first-order chi connectivity index (χ1) is 20.8. The van der Waals surface area contributed by atoms with Gasteiger partial charge in [-0.2, -0.15) is 0 Å². The molecule has 44 heavy (non-hydrogen) atoms. The van der Waals surface area contributed by atoms with Crippen molar-refractivity contribution in [2.24, 2.45) is 0 Å². The van der Waals surface area contributed by atoms with E-state index >= 15 is 0 Å². The second kappa shape index (κ2) is 9.92. The first-order valence-corrected chi connectivity index (χ1v) is 13.3. The van der Waals surface area contributed by atoms with E-state index in [0.717, 1.165) is 24.3 Å². The minimum Gasteiger partial charge on any atom is -0.507 e. The number of hydrogen-bond donors (Lipinski definition) is 7. The Balaban J connectivity index is 1.79. The molecule has 0 radical (unpaired) electrons. The topological polar surface area (TPSA) is 219 Å². The standard InChI is InChI=1S/C32H24O12/c1-11(33)3-13-5-17(35)29-23(43-13)7-15-25(19(37)9-21(39)27(15)31(29)41)26-16-8-24-30(18(36)6-14(44-24)4-12(2)34)32(42)28(16)22(40)10-20(26)38/h5-11,33,37-42H,3-4H2,1-2H3. The Morgan fingerprint density at radius 3 is 1.52 bits per heavy atom. The van der Waals surface area contributed by atoms with Crippen molar-refractivity contribution >= 4 is 49.3 Å². The van der Waals surface area contributed by atoms with E-state index in [1.165, 1.54) is 26.0 Å². The molecule has 0 aliphatic carbocycles. The molecule has 1 unspecified atom stereocenters. The first-order valence-electron chi connectivity index (χ1n) is 13.3. The number of aliphatic hydroxyl groups excluding tert-OH is 1. The summed E-state index contributed by atoms with van der Waals surface area (Å²) in [7, 11) is 0.